The summed E-state index contributed by atoms with van der Waals surface area (Å²) in [7, 11) is 2.00. The van der Waals surface area contributed by atoms with Crippen LogP contribution >= 0.6 is 15.9 Å². The molecule has 6 heteroatoms. The lowest BCUT2D eigenvalue weighted by Gasteiger charge is -2.12. The quantitative estimate of drug-likeness (QED) is 0.897. The Labute approximate surface area is 132 Å². The normalized spacial score (nSPS) is 19.2. The smallest absolute Gasteiger partial charge is 0.241 e. The Bertz CT molecular complexity index is 601. The van der Waals surface area contributed by atoms with Gasteiger partial charge in [-0.1, -0.05) is 33.2 Å². The summed E-state index contributed by atoms with van der Waals surface area (Å²) in [5.74, 6) is 2.06. The third kappa shape index (κ3) is 3.70. The van der Waals surface area contributed by atoms with Crippen molar-refractivity contribution in [1.29, 1.82) is 0 Å². The first-order valence-corrected chi connectivity index (χ1v) is 7.99. The molecule has 1 aromatic heterocycles. The van der Waals surface area contributed by atoms with Crippen LogP contribution in [-0.4, -0.2) is 41.7 Å². The third-order valence-corrected chi connectivity index (χ3v) is 4.27. The average molecular weight is 351 g/mol. The molecule has 2 aromatic rings. The number of benzene rings is 1. The van der Waals surface area contributed by atoms with E-state index in [9.17, 15) is 0 Å². The summed E-state index contributed by atoms with van der Waals surface area (Å²) in [6.45, 7) is 4.00. The summed E-state index contributed by atoms with van der Waals surface area (Å²) in [6.07, 6.45) is 1.23. The van der Waals surface area contributed by atoms with E-state index in [1.165, 1.54) is 6.42 Å². The Balaban J connectivity index is 1.63. The highest BCUT2D eigenvalue weighted by molar-refractivity contribution is 9.10. The maximum absolute atomic E-state index is 5.38. The second kappa shape index (κ2) is 6.68. The molecule has 1 N–H and O–H groups in total. The molecule has 0 amide bonds. The van der Waals surface area contributed by atoms with E-state index in [2.05, 4.69) is 36.3 Å². The summed E-state index contributed by atoms with van der Waals surface area (Å²) in [4.78, 5) is 6.88. The Morgan fingerprint density at radius 2 is 2.38 bits per heavy atom. The number of hydrogen-bond donors (Lipinski definition) is 1. The van der Waals surface area contributed by atoms with Crippen LogP contribution in [-0.2, 0) is 6.54 Å². The molecule has 0 bridgehead atoms. The summed E-state index contributed by atoms with van der Waals surface area (Å²) >= 11 is 3.46. The molecule has 21 heavy (non-hydrogen) atoms. The third-order valence-electron chi connectivity index (χ3n) is 3.77. The number of hydrogen-bond acceptors (Lipinski definition) is 5. The Kier molecular flexibility index (Phi) is 4.67. The first kappa shape index (κ1) is 14.7. The van der Waals surface area contributed by atoms with Gasteiger partial charge in [-0.15, -0.1) is 0 Å². The van der Waals surface area contributed by atoms with Crippen LogP contribution in [0.5, 0.6) is 0 Å². The molecule has 0 saturated carbocycles. The van der Waals surface area contributed by atoms with E-state index in [-0.39, 0.29) is 0 Å². The topological polar surface area (TPSA) is 54.2 Å². The van der Waals surface area contributed by atoms with Gasteiger partial charge in [0.25, 0.3) is 0 Å². The number of rotatable bonds is 5. The van der Waals surface area contributed by atoms with Gasteiger partial charge in [0, 0.05) is 16.6 Å². The molecule has 1 atom stereocenters. The van der Waals surface area contributed by atoms with Gasteiger partial charge in [-0.3, -0.25) is 4.90 Å². The predicted molar refractivity (Wildman–Crippen MR) is 84.7 cm³/mol. The van der Waals surface area contributed by atoms with Crippen molar-refractivity contribution in [3.63, 3.8) is 0 Å². The summed E-state index contributed by atoms with van der Waals surface area (Å²) in [6, 6.07) is 7.93. The van der Waals surface area contributed by atoms with Gasteiger partial charge in [0.05, 0.1) is 6.54 Å². The number of aromatic nitrogens is 2. The highest BCUT2D eigenvalue weighted by Gasteiger charge is 2.23. The van der Waals surface area contributed by atoms with Gasteiger partial charge in [0.2, 0.25) is 11.7 Å². The molecule has 1 saturated heterocycles. The van der Waals surface area contributed by atoms with Gasteiger partial charge in [-0.2, -0.15) is 4.98 Å². The fourth-order valence-electron chi connectivity index (χ4n) is 2.77. The molecule has 0 spiro atoms. The fourth-order valence-corrected chi connectivity index (χ4v) is 3.17. The highest BCUT2D eigenvalue weighted by atomic mass is 79.9. The standard InChI is InChI=1S/C15H19BrN4O/c1-17-8-11-5-6-20(9-11)10-14-18-15(19-21-14)12-3-2-4-13(16)7-12/h2-4,7,11,17H,5-6,8-10H2,1H3. The van der Waals surface area contributed by atoms with Crippen molar-refractivity contribution in [1.82, 2.24) is 20.4 Å². The second-order valence-electron chi connectivity index (χ2n) is 5.47. The monoisotopic (exact) mass is 350 g/mol. The van der Waals surface area contributed by atoms with E-state index in [0.29, 0.717) is 11.7 Å². The van der Waals surface area contributed by atoms with E-state index in [0.717, 1.165) is 42.1 Å². The zero-order chi connectivity index (χ0) is 14.7. The van der Waals surface area contributed by atoms with E-state index < -0.39 is 0 Å². The van der Waals surface area contributed by atoms with Crippen molar-refractivity contribution in [2.75, 3.05) is 26.7 Å². The Morgan fingerprint density at radius 1 is 1.48 bits per heavy atom. The largest absolute Gasteiger partial charge is 0.338 e. The minimum atomic E-state index is 0.650. The molecule has 0 radical (unpaired) electrons. The molecule has 1 aromatic carbocycles. The molecule has 5 nitrogen and oxygen atoms in total. The molecule has 112 valence electrons. The van der Waals surface area contributed by atoms with Crippen LogP contribution in [0.4, 0.5) is 0 Å². The number of nitrogens with zero attached hydrogens (tertiary/aromatic N) is 3. The van der Waals surface area contributed by atoms with E-state index in [1.54, 1.807) is 0 Å². The summed E-state index contributed by atoms with van der Waals surface area (Å²) in [5, 5.41) is 7.32. The van der Waals surface area contributed by atoms with Crippen LogP contribution in [0.3, 0.4) is 0 Å². The van der Waals surface area contributed by atoms with E-state index in [4.69, 9.17) is 4.52 Å². The first-order valence-electron chi connectivity index (χ1n) is 7.20. The van der Waals surface area contributed by atoms with Gasteiger partial charge < -0.3 is 9.84 Å². The summed E-state index contributed by atoms with van der Waals surface area (Å²) in [5.41, 5.74) is 0.967. The molecule has 1 fully saturated rings. The lowest BCUT2D eigenvalue weighted by atomic mass is 10.1. The average Bonchev–Trinajstić information content (AvgIpc) is 3.10. The van der Waals surface area contributed by atoms with Crippen LogP contribution in [0, 0.1) is 5.92 Å². The van der Waals surface area contributed by atoms with Gasteiger partial charge >= 0.3 is 0 Å². The van der Waals surface area contributed by atoms with Crippen LogP contribution in [0.15, 0.2) is 33.3 Å². The fraction of sp³-hybridized carbons (Fsp3) is 0.467. The van der Waals surface area contributed by atoms with Crippen molar-refractivity contribution in [3.8, 4) is 11.4 Å². The highest BCUT2D eigenvalue weighted by Crippen LogP contribution is 2.22. The molecule has 1 aliphatic rings. The van der Waals surface area contributed by atoms with Crippen molar-refractivity contribution in [2.45, 2.75) is 13.0 Å². The number of nitrogens with one attached hydrogen (secondary N) is 1. The molecular weight excluding hydrogens is 332 g/mol. The zero-order valence-corrected chi connectivity index (χ0v) is 13.6. The van der Waals surface area contributed by atoms with Crippen LogP contribution in [0.2, 0.25) is 0 Å². The molecule has 1 unspecified atom stereocenters. The van der Waals surface area contributed by atoms with Gasteiger partial charge in [0.1, 0.15) is 0 Å². The van der Waals surface area contributed by atoms with Crippen molar-refractivity contribution in [3.05, 3.63) is 34.6 Å². The molecule has 3 rings (SSSR count). The zero-order valence-electron chi connectivity index (χ0n) is 12.1. The molecule has 2 heterocycles. The number of halogens is 1. The van der Waals surface area contributed by atoms with Crippen molar-refractivity contribution in [2.24, 2.45) is 5.92 Å². The SMILES string of the molecule is CNCC1CCN(Cc2nc(-c3cccc(Br)c3)no2)C1. The molecule has 1 aliphatic heterocycles. The number of likely N-dealkylation sites (tertiary alicyclic amines) is 1. The van der Waals surface area contributed by atoms with Gasteiger partial charge in [-0.25, -0.2) is 0 Å². The van der Waals surface area contributed by atoms with Gasteiger partial charge in [0.15, 0.2) is 0 Å². The van der Waals surface area contributed by atoms with Crippen molar-refractivity contribution < 1.29 is 4.52 Å². The lowest BCUT2D eigenvalue weighted by Crippen LogP contribution is -2.24. The summed E-state index contributed by atoms with van der Waals surface area (Å²) < 4.78 is 6.40. The predicted octanol–water partition coefficient (Wildman–Crippen LogP) is 2.54. The first-order chi connectivity index (χ1) is 10.2. The maximum Gasteiger partial charge on any atom is 0.241 e. The second-order valence-corrected chi connectivity index (χ2v) is 6.39. The van der Waals surface area contributed by atoms with Gasteiger partial charge in [-0.05, 0) is 44.6 Å². The van der Waals surface area contributed by atoms with Crippen LogP contribution in [0.25, 0.3) is 11.4 Å². The maximum atomic E-state index is 5.38. The lowest BCUT2D eigenvalue weighted by molar-refractivity contribution is 0.260. The molecule has 0 aliphatic carbocycles. The Morgan fingerprint density at radius 3 is 3.19 bits per heavy atom. The minimum absolute atomic E-state index is 0.650. The van der Waals surface area contributed by atoms with E-state index >= 15 is 0 Å². The van der Waals surface area contributed by atoms with Crippen LogP contribution in [0.1, 0.15) is 12.3 Å². The van der Waals surface area contributed by atoms with Crippen molar-refractivity contribution >= 4 is 15.9 Å². The van der Waals surface area contributed by atoms with E-state index in [1.807, 2.05) is 31.3 Å². The molecular formula is C15H19BrN4O. The Hall–Kier alpha value is -1.24. The van der Waals surface area contributed by atoms with Crippen LogP contribution < -0.4 is 5.32 Å². The minimum Gasteiger partial charge on any atom is -0.338 e.